The molecule has 1 aromatic heterocycles. The SMILES string of the molecule is CC(=O)C(C)OC(=O)c1ccc2c(c1)nc(C)n2-c1ccccc1. The van der Waals surface area contributed by atoms with Crippen LogP contribution in [0.5, 0.6) is 0 Å². The van der Waals surface area contributed by atoms with Crippen molar-refractivity contribution in [2.24, 2.45) is 0 Å². The lowest BCUT2D eigenvalue weighted by molar-refractivity contribution is -0.124. The fraction of sp³-hybridized carbons (Fsp3) is 0.211. The van der Waals surface area contributed by atoms with Crippen molar-refractivity contribution in [1.82, 2.24) is 9.55 Å². The zero-order valence-corrected chi connectivity index (χ0v) is 13.8. The number of para-hydroxylation sites is 1. The highest BCUT2D eigenvalue weighted by atomic mass is 16.5. The molecule has 0 amide bonds. The normalized spacial score (nSPS) is 12.1. The van der Waals surface area contributed by atoms with Gasteiger partial charge in [-0.25, -0.2) is 9.78 Å². The number of carbonyl (C=O) groups excluding carboxylic acids is 2. The van der Waals surface area contributed by atoms with Crippen molar-refractivity contribution >= 4 is 22.8 Å². The summed E-state index contributed by atoms with van der Waals surface area (Å²) in [4.78, 5) is 27.9. The molecular formula is C19H18N2O3. The minimum atomic E-state index is -0.753. The first-order valence-corrected chi connectivity index (χ1v) is 7.73. The van der Waals surface area contributed by atoms with E-state index in [1.165, 1.54) is 6.92 Å². The number of carbonyl (C=O) groups is 2. The van der Waals surface area contributed by atoms with E-state index in [1.807, 2.05) is 47.9 Å². The van der Waals surface area contributed by atoms with Crippen molar-refractivity contribution in [3.63, 3.8) is 0 Å². The van der Waals surface area contributed by atoms with E-state index < -0.39 is 12.1 Å². The first kappa shape index (κ1) is 15.9. The van der Waals surface area contributed by atoms with E-state index >= 15 is 0 Å². The summed E-state index contributed by atoms with van der Waals surface area (Å²) in [6.45, 7) is 4.88. The van der Waals surface area contributed by atoms with Gasteiger partial charge in [0, 0.05) is 5.69 Å². The highest BCUT2D eigenvalue weighted by molar-refractivity contribution is 5.95. The number of ketones is 1. The minimum Gasteiger partial charge on any atom is -0.451 e. The highest BCUT2D eigenvalue weighted by Gasteiger charge is 2.17. The van der Waals surface area contributed by atoms with Crippen molar-refractivity contribution in [1.29, 1.82) is 0 Å². The van der Waals surface area contributed by atoms with Crippen molar-refractivity contribution in [2.75, 3.05) is 0 Å². The number of benzene rings is 2. The molecule has 0 spiro atoms. The molecule has 122 valence electrons. The lowest BCUT2D eigenvalue weighted by Crippen LogP contribution is -2.21. The Labute approximate surface area is 139 Å². The third kappa shape index (κ3) is 2.93. The first-order chi connectivity index (χ1) is 11.5. The molecule has 0 radical (unpaired) electrons. The predicted octanol–water partition coefficient (Wildman–Crippen LogP) is 3.47. The number of rotatable bonds is 4. The summed E-state index contributed by atoms with van der Waals surface area (Å²) in [7, 11) is 0. The quantitative estimate of drug-likeness (QED) is 0.690. The molecule has 3 rings (SSSR count). The second kappa shape index (κ2) is 6.28. The van der Waals surface area contributed by atoms with Gasteiger partial charge in [-0.2, -0.15) is 0 Å². The van der Waals surface area contributed by atoms with Crippen LogP contribution in [-0.4, -0.2) is 27.4 Å². The smallest absolute Gasteiger partial charge is 0.338 e. The second-order valence-electron chi connectivity index (χ2n) is 5.69. The van der Waals surface area contributed by atoms with Crippen LogP contribution < -0.4 is 0 Å². The van der Waals surface area contributed by atoms with Crippen molar-refractivity contribution in [3.05, 3.63) is 59.9 Å². The molecule has 1 atom stereocenters. The van der Waals surface area contributed by atoms with Crippen LogP contribution >= 0.6 is 0 Å². The van der Waals surface area contributed by atoms with E-state index in [2.05, 4.69) is 4.98 Å². The summed E-state index contributed by atoms with van der Waals surface area (Å²) in [5.41, 5.74) is 3.02. The molecule has 24 heavy (non-hydrogen) atoms. The number of aromatic nitrogens is 2. The fourth-order valence-electron chi connectivity index (χ4n) is 2.54. The number of nitrogens with zero attached hydrogens (tertiary/aromatic N) is 2. The van der Waals surface area contributed by atoms with Crippen LogP contribution in [0.15, 0.2) is 48.5 Å². The van der Waals surface area contributed by atoms with Crippen LogP contribution in [0, 0.1) is 6.92 Å². The van der Waals surface area contributed by atoms with Crippen LogP contribution in [0.3, 0.4) is 0 Å². The maximum atomic E-state index is 12.2. The van der Waals surface area contributed by atoms with Gasteiger partial charge in [0.1, 0.15) is 5.82 Å². The summed E-state index contributed by atoms with van der Waals surface area (Å²) in [6.07, 6.45) is -0.753. The predicted molar refractivity (Wildman–Crippen MR) is 91.4 cm³/mol. The highest BCUT2D eigenvalue weighted by Crippen LogP contribution is 2.22. The zero-order valence-electron chi connectivity index (χ0n) is 13.8. The van der Waals surface area contributed by atoms with Crippen LogP contribution in [0.25, 0.3) is 16.7 Å². The molecule has 1 unspecified atom stereocenters. The van der Waals surface area contributed by atoms with Gasteiger partial charge in [0.25, 0.3) is 0 Å². The Hall–Kier alpha value is -2.95. The van der Waals surface area contributed by atoms with Gasteiger partial charge in [-0.1, -0.05) is 18.2 Å². The maximum Gasteiger partial charge on any atom is 0.338 e. The third-order valence-corrected chi connectivity index (χ3v) is 3.93. The number of Topliss-reactive ketones (excluding diaryl/α,β-unsaturated/α-hetero) is 1. The Balaban J connectivity index is 1.99. The number of aryl methyl sites for hydroxylation is 1. The van der Waals surface area contributed by atoms with Crippen LogP contribution in [-0.2, 0) is 9.53 Å². The van der Waals surface area contributed by atoms with Gasteiger partial charge < -0.3 is 4.74 Å². The molecule has 1 heterocycles. The van der Waals surface area contributed by atoms with Crippen molar-refractivity contribution < 1.29 is 14.3 Å². The topological polar surface area (TPSA) is 61.2 Å². The van der Waals surface area contributed by atoms with Gasteiger partial charge in [-0.05, 0) is 51.1 Å². The molecule has 5 nitrogen and oxygen atoms in total. The van der Waals surface area contributed by atoms with Gasteiger partial charge in [-0.15, -0.1) is 0 Å². The standard InChI is InChI=1S/C19H18N2O3/c1-12(22)13(2)24-19(23)15-9-10-18-17(11-15)20-14(3)21(18)16-7-5-4-6-8-16/h4-11,13H,1-3H3. The van der Waals surface area contributed by atoms with E-state index in [1.54, 1.807) is 19.1 Å². The van der Waals surface area contributed by atoms with E-state index in [0.29, 0.717) is 11.1 Å². The molecule has 0 saturated heterocycles. The molecule has 0 aliphatic heterocycles. The number of hydrogen-bond acceptors (Lipinski definition) is 4. The number of fused-ring (bicyclic) bond motifs is 1. The molecule has 0 bridgehead atoms. The fourth-order valence-corrected chi connectivity index (χ4v) is 2.54. The minimum absolute atomic E-state index is 0.186. The van der Waals surface area contributed by atoms with Gasteiger partial charge in [0.15, 0.2) is 11.9 Å². The number of esters is 1. The summed E-state index contributed by atoms with van der Waals surface area (Å²) >= 11 is 0. The van der Waals surface area contributed by atoms with E-state index in [0.717, 1.165) is 17.0 Å². The molecule has 0 aliphatic carbocycles. The lowest BCUT2D eigenvalue weighted by Gasteiger charge is -2.10. The third-order valence-electron chi connectivity index (χ3n) is 3.93. The molecule has 3 aromatic rings. The first-order valence-electron chi connectivity index (χ1n) is 7.73. The number of hydrogen-bond donors (Lipinski definition) is 0. The second-order valence-corrected chi connectivity index (χ2v) is 5.69. The van der Waals surface area contributed by atoms with Gasteiger partial charge >= 0.3 is 5.97 Å². The van der Waals surface area contributed by atoms with Gasteiger partial charge in [-0.3, -0.25) is 9.36 Å². The Morgan fingerprint density at radius 3 is 2.50 bits per heavy atom. The summed E-state index contributed by atoms with van der Waals surface area (Å²) < 4.78 is 7.18. The largest absolute Gasteiger partial charge is 0.451 e. The Bertz CT molecular complexity index is 913. The summed E-state index contributed by atoms with van der Waals surface area (Å²) in [5.74, 6) is 0.124. The molecule has 0 N–H and O–H groups in total. The van der Waals surface area contributed by atoms with Crippen molar-refractivity contribution in [3.8, 4) is 5.69 Å². The molecule has 2 aromatic carbocycles. The molecule has 0 fully saturated rings. The van der Waals surface area contributed by atoms with E-state index in [9.17, 15) is 9.59 Å². The summed E-state index contributed by atoms with van der Waals surface area (Å²) in [6, 6.07) is 15.1. The van der Waals surface area contributed by atoms with E-state index in [-0.39, 0.29) is 5.78 Å². The molecule has 0 aliphatic rings. The van der Waals surface area contributed by atoms with Gasteiger partial charge in [0.2, 0.25) is 0 Å². The Morgan fingerprint density at radius 2 is 1.83 bits per heavy atom. The van der Waals surface area contributed by atoms with E-state index in [4.69, 9.17) is 4.74 Å². The Kier molecular flexibility index (Phi) is 4.16. The average molecular weight is 322 g/mol. The van der Waals surface area contributed by atoms with Crippen LogP contribution in [0.2, 0.25) is 0 Å². The van der Waals surface area contributed by atoms with Gasteiger partial charge in [0.05, 0.1) is 16.6 Å². The zero-order chi connectivity index (χ0) is 17.3. The number of ether oxygens (including phenoxy) is 1. The molecule has 0 saturated carbocycles. The number of imidazole rings is 1. The maximum absolute atomic E-state index is 12.2. The molecular weight excluding hydrogens is 304 g/mol. The van der Waals surface area contributed by atoms with Crippen LogP contribution in [0.1, 0.15) is 30.0 Å². The Morgan fingerprint density at radius 1 is 1.12 bits per heavy atom. The monoisotopic (exact) mass is 322 g/mol. The molecule has 5 heteroatoms. The van der Waals surface area contributed by atoms with Crippen LogP contribution in [0.4, 0.5) is 0 Å². The average Bonchev–Trinajstić information content (AvgIpc) is 2.90. The lowest BCUT2D eigenvalue weighted by atomic mass is 10.2. The van der Waals surface area contributed by atoms with Crippen molar-refractivity contribution in [2.45, 2.75) is 26.9 Å². The summed E-state index contributed by atoms with van der Waals surface area (Å²) in [5, 5.41) is 0.